The molecule has 0 bridgehead atoms. The second-order valence-corrected chi connectivity index (χ2v) is 2.57. The molecule has 0 saturated heterocycles. The van der Waals surface area contributed by atoms with Crippen molar-refractivity contribution in [3.8, 4) is 0 Å². The van der Waals surface area contributed by atoms with Crippen molar-refractivity contribution in [3.05, 3.63) is 48.3 Å². The summed E-state index contributed by atoms with van der Waals surface area (Å²) in [5.74, 6) is -0.150. The van der Waals surface area contributed by atoms with E-state index < -0.39 is 0 Å². The lowest BCUT2D eigenvalue weighted by Crippen LogP contribution is -1.76. The number of hydrogen-bond acceptors (Lipinski definition) is 1. The molecule has 0 radical (unpaired) electrons. The first kappa shape index (κ1) is 10.2. The molecule has 0 saturated carbocycles. The van der Waals surface area contributed by atoms with Crippen molar-refractivity contribution < 1.29 is 14.3 Å². The molecular weight excluding hydrogens is 183 g/mol. The number of carbonyl (C=O) groups is 1. The summed E-state index contributed by atoms with van der Waals surface area (Å²) in [4.78, 5) is 8.36. The van der Waals surface area contributed by atoms with Crippen LogP contribution in [-0.2, 0) is 4.79 Å². The molecule has 2 rings (SSSR count). The van der Waals surface area contributed by atoms with Crippen molar-refractivity contribution in [2.75, 3.05) is 0 Å². The van der Waals surface area contributed by atoms with Crippen molar-refractivity contribution >= 4 is 17.2 Å². The Morgan fingerprint density at radius 1 is 1.07 bits per heavy atom. The first-order valence-electron chi connectivity index (χ1n) is 4.00. The van der Waals surface area contributed by atoms with Gasteiger partial charge in [-0.25, -0.2) is 4.39 Å². The molecule has 2 aromatic carbocycles. The van der Waals surface area contributed by atoms with Gasteiger partial charge in [0.25, 0.3) is 6.47 Å². The Hall–Kier alpha value is -1.90. The number of hydrogen-bond donors (Lipinski definition) is 1. The van der Waals surface area contributed by atoms with Crippen LogP contribution in [0.3, 0.4) is 0 Å². The maximum absolute atomic E-state index is 13.0. The third kappa shape index (κ3) is 2.29. The molecule has 0 aliphatic carbocycles. The molecule has 0 aliphatic heterocycles. The first-order valence-corrected chi connectivity index (χ1v) is 4.00. The van der Waals surface area contributed by atoms with Crippen LogP contribution >= 0.6 is 0 Å². The van der Waals surface area contributed by atoms with Gasteiger partial charge in [0, 0.05) is 5.39 Å². The van der Waals surface area contributed by atoms with Gasteiger partial charge >= 0.3 is 0 Å². The molecule has 0 spiro atoms. The Morgan fingerprint density at radius 3 is 2.29 bits per heavy atom. The van der Waals surface area contributed by atoms with Gasteiger partial charge in [-0.2, -0.15) is 0 Å². The maximum Gasteiger partial charge on any atom is 0.290 e. The lowest BCUT2D eigenvalue weighted by molar-refractivity contribution is -0.122. The second kappa shape index (κ2) is 4.97. The monoisotopic (exact) mass is 192 g/mol. The van der Waals surface area contributed by atoms with Crippen LogP contribution in [0.15, 0.2) is 42.5 Å². The van der Waals surface area contributed by atoms with Crippen LogP contribution in [0.25, 0.3) is 10.8 Å². The molecule has 14 heavy (non-hydrogen) atoms. The Morgan fingerprint density at radius 2 is 1.64 bits per heavy atom. The molecular formula is C11H9FO2. The molecule has 72 valence electrons. The smallest absolute Gasteiger partial charge is 0.290 e. The maximum atomic E-state index is 13.0. The average Bonchev–Trinajstić information content (AvgIpc) is 2.20. The summed E-state index contributed by atoms with van der Waals surface area (Å²) < 4.78 is 13.0. The van der Waals surface area contributed by atoms with Gasteiger partial charge in [-0.05, 0) is 11.5 Å². The van der Waals surface area contributed by atoms with Crippen molar-refractivity contribution in [1.82, 2.24) is 0 Å². The van der Waals surface area contributed by atoms with E-state index in [9.17, 15) is 4.39 Å². The summed E-state index contributed by atoms with van der Waals surface area (Å²) in [7, 11) is 0. The molecule has 0 unspecified atom stereocenters. The van der Waals surface area contributed by atoms with Gasteiger partial charge in [-0.3, -0.25) is 4.79 Å². The number of fused-ring (bicyclic) bond motifs is 1. The van der Waals surface area contributed by atoms with Crippen molar-refractivity contribution in [2.24, 2.45) is 0 Å². The van der Waals surface area contributed by atoms with Gasteiger partial charge in [-0.1, -0.05) is 36.4 Å². The highest BCUT2D eigenvalue weighted by Crippen LogP contribution is 2.15. The number of benzene rings is 2. The normalized spacial score (nSPS) is 8.93. The minimum atomic E-state index is -0.250. The largest absolute Gasteiger partial charge is 0.483 e. The minimum Gasteiger partial charge on any atom is -0.483 e. The molecule has 0 fully saturated rings. The predicted molar refractivity (Wildman–Crippen MR) is 52.6 cm³/mol. The van der Waals surface area contributed by atoms with E-state index in [4.69, 9.17) is 9.90 Å². The Labute approximate surface area is 80.6 Å². The van der Waals surface area contributed by atoms with E-state index in [0.717, 1.165) is 5.39 Å². The fourth-order valence-electron chi connectivity index (χ4n) is 1.19. The lowest BCUT2D eigenvalue weighted by Gasteiger charge is -1.95. The van der Waals surface area contributed by atoms with Crippen molar-refractivity contribution in [1.29, 1.82) is 0 Å². The van der Waals surface area contributed by atoms with Gasteiger partial charge in [-0.15, -0.1) is 0 Å². The van der Waals surface area contributed by atoms with Gasteiger partial charge in [0.15, 0.2) is 0 Å². The highest BCUT2D eigenvalue weighted by molar-refractivity contribution is 5.82. The topological polar surface area (TPSA) is 37.3 Å². The Balaban J connectivity index is 0.000000293. The fourth-order valence-corrected chi connectivity index (χ4v) is 1.19. The standard InChI is InChI=1S/C10H7F.CH2O2/c11-10-7-3-5-8-4-1-2-6-9(8)10;2-1-3/h1-7H;1H,(H,2,3). The molecule has 0 heterocycles. The molecule has 0 amide bonds. The van der Waals surface area contributed by atoms with Crippen molar-refractivity contribution in [2.45, 2.75) is 0 Å². The summed E-state index contributed by atoms with van der Waals surface area (Å²) in [6.07, 6.45) is 0. The molecule has 2 nitrogen and oxygen atoms in total. The average molecular weight is 192 g/mol. The minimum absolute atomic E-state index is 0.150. The van der Waals surface area contributed by atoms with Crippen LogP contribution in [0, 0.1) is 5.82 Å². The zero-order valence-electron chi connectivity index (χ0n) is 7.35. The molecule has 3 heteroatoms. The molecule has 0 aliphatic rings. The number of halogens is 1. The predicted octanol–water partition coefficient (Wildman–Crippen LogP) is 2.68. The fraction of sp³-hybridized carbons (Fsp3) is 0. The molecule has 0 atom stereocenters. The Kier molecular flexibility index (Phi) is 3.61. The van der Waals surface area contributed by atoms with Crippen LogP contribution in [0.1, 0.15) is 0 Å². The van der Waals surface area contributed by atoms with Gasteiger partial charge in [0.1, 0.15) is 5.82 Å². The van der Waals surface area contributed by atoms with E-state index in [1.165, 1.54) is 6.07 Å². The molecule has 1 N–H and O–H groups in total. The van der Waals surface area contributed by atoms with Gasteiger partial charge < -0.3 is 5.11 Å². The van der Waals surface area contributed by atoms with Gasteiger partial charge in [0.05, 0.1) is 0 Å². The van der Waals surface area contributed by atoms with E-state index in [0.29, 0.717) is 5.39 Å². The highest BCUT2D eigenvalue weighted by Gasteiger charge is 1.95. The first-order chi connectivity index (χ1) is 6.79. The van der Waals surface area contributed by atoms with Crippen LogP contribution < -0.4 is 0 Å². The lowest BCUT2D eigenvalue weighted by atomic mass is 10.1. The van der Waals surface area contributed by atoms with Crippen LogP contribution in [0.5, 0.6) is 0 Å². The van der Waals surface area contributed by atoms with E-state index in [1.54, 1.807) is 12.1 Å². The molecule has 2 aromatic rings. The van der Waals surface area contributed by atoms with E-state index in [1.807, 2.05) is 24.3 Å². The third-order valence-corrected chi connectivity index (χ3v) is 1.74. The summed E-state index contributed by atoms with van der Waals surface area (Å²) in [5.41, 5.74) is 0. The molecule has 0 aromatic heterocycles. The van der Waals surface area contributed by atoms with E-state index in [-0.39, 0.29) is 12.3 Å². The SMILES string of the molecule is Fc1cccc2ccccc12.O=CO. The number of carboxylic acid groups (broad SMARTS) is 1. The summed E-state index contributed by atoms with van der Waals surface area (Å²) in [6, 6.07) is 12.5. The zero-order valence-corrected chi connectivity index (χ0v) is 7.35. The van der Waals surface area contributed by atoms with Crippen LogP contribution in [0.4, 0.5) is 4.39 Å². The third-order valence-electron chi connectivity index (χ3n) is 1.74. The summed E-state index contributed by atoms with van der Waals surface area (Å²) in [5, 5.41) is 8.53. The van der Waals surface area contributed by atoms with E-state index >= 15 is 0 Å². The summed E-state index contributed by atoms with van der Waals surface area (Å²) >= 11 is 0. The summed E-state index contributed by atoms with van der Waals surface area (Å²) in [6.45, 7) is -0.250. The van der Waals surface area contributed by atoms with Crippen LogP contribution in [-0.4, -0.2) is 11.6 Å². The number of rotatable bonds is 0. The quantitative estimate of drug-likeness (QED) is 0.651. The van der Waals surface area contributed by atoms with Gasteiger partial charge in [0.2, 0.25) is 0 Å². The zero-order chi connectivity index (χ0) is 10.4. The van der Waals surface area contributed by atoms with Crippen molar-refractivity contribution in [3.63, 3.8) is 0 Å². The second-order valence-electron chi connectivity index (χ2n) is 2.57. The Bertz CT molecular complexity index is 421. The highest BCUT2D eigenvalue weighted by atomic mass is 19.1. The van der Waals surface area contributed by atoms with Crippen LogP contribution in [0.2, 0.25) is 0 Å². The van der Waals surface area contributed by atoms with E-state index in [2.05, 4.69) is 0 Å².